The van der Waals surface area contributed by atoms with E-state index in [4.69, 9.17) is 21.1 Å². The molecule has 2 N–H and O–H groups in total. The molecule has 10 heteroatoms. The Labute approximate surface area is 181 Å². The topological polar surface area (TPSA) is 107 Å². The lowest BCUT2D eigenvalue weighted by atomic mass is 10.0. The van der Waals surface area contributed by atoms with Crippen LogP contribution in [0.3, 0.4) is 0 Å². The Morgan fingerprint density at radius 3 is 2.84 bits per heavy atom. The van der Waals surface area contributed by atoms with Gasteiger partial charge >= 0.3 is 0 Å². The monoisotopic (exact) mass is 437 g/mol. The maximum atomic E-state index is 12.3. The Morgan fingerprint density at radius 2 is 2.00 bits per heavy atom. The Hall–Kier alpha value is -3.85. The number of halogens is 1. The number of rotatable bonds is 4. The van der Waals surface area contributed by atoms with Crippen molar-refractivity contribution in [3.63, 3.8) is 0 Å². The van der Waals surface area contributed by atoms with Crippen molar-refractivity contribution < 1.29 is 19.1 Å². The fourth-order valence-electron chi connectivity index (χ4n) is 3.40. The fraction of sp³-hybridized carbons (Fsp3) is 0.143. The number of carbonyl (C=O) groups excluding carboxylic acids is 2. The van der Waals surface area contributed by atoms with E-state index >= 15 is 0 Å². The van der Waals surface area contributed by atoms with Gasteiger partial charge in [-0.15, -0.1) is 5.10 Å². The lowest BCUT2D eigenvalue weighted by Crippen LogP contribution is -2.29. The summed E-state index contributed by atoms with van der Waals surface area (Å²) >= 11 is 5.96. The first kappa shape index (κ1) is 19.1. The Bertz CT molecular complexity index is 1200. The van der Waals surface area contributed by atoms with Crippen LogP contribution in [0, 0.1) is 0 Å². The minimum absolute atomic E-state index is 0.0940. The Morgan fingerprint density at radius 1 is 1.19 bits per heavy atom. The first-order valence-corrected chi connectivity index (χ1v) is 9.83. The van der Waals surface area contributed by atoms with E-state index in [1.165, 1.54) is 6.08 Å². The predicted molar refractivity (Wildman–Crippen MR) is 113 cm³/mol. The summed E-state index contributed by atoms with van der Waals surface area (Å²) in [6, 6.07) is 12.2. The zero-order valence-electron chi connectivity index (χ0n) is 16.0. The third-order valence-corrected chi connectivity index (χ3v) is 5.12. The first-order valence-electron chi connectivity index (χ1n) is 9.46. The zero-order valence-corrected chi connectivity index (χ0v) is 16.8. The van der Waals surface area contributed by atoms with Gasteiger partial charge in [0.05, 0.1) is 12.5 Å². The first-order chi connectivity index (χ1) is 15.0. The van der Waals surface area contributed by atoms with Gasteiger partial charge in [-0.25, -0.2) is 4.68 Å². The van der Waals surface area contributed by atoms with Crippen LogP contribution < -0.4 is 20.1 Å². The quantitative estimate of drug-likeness (QED) is 0.607. The van der Waals surface area contributed by atoms with Crippen molar-refractivity contribution in [2.24, 2.45) is 0 Å². The molecule has 9 nitrogen and oxygen atoms in total. The summed E-state index contributed by atoms with van der Waals surface area (Å²) in [6.45, 7) is 0.188. The molecule has 156 valence electrons. The molecule has 0 saturated carbocycles. The van der Waals surface area contributed by atoms with E-state index in [0.717, 1.165) is 11.1 Å². The van der Waals surface area contributed by atoms with E-state index in [9.17, 15) is 9.59 Å². The molecule has 3 heterocycles. The van der Waals surface area contributed by atoms with Gasteiger partial charge in [-0.3, -0.25) is 20.2 Å². The maximum absolute atomic E-state index is 12.3. The molecular formula is C21H16ClN5O4. The highest BCUT2D eigenvalue weighted by molar-refractivity contribution is 6.30. The van der Waals surface area contributed by atoms with Crippen LogP contribution in [0.4, 0.5) is 11.9 Å². The molecule has 0 bridgehead atoms. The largest absolute Gasteiger partial charge is 0.454 e. The van der Waals surface area contributed by atoms with E-state index in [2.05, 4.69) is 20.7 Å². The van der Waals surface area contributed by atoms with Gasteiger partial charge in [0.2, 0.25) is 18.6 Å². The molecule has 2 aromatic carbocycles. The number of nitrogens with zero attached hydrogens (tertiary/aromatic N) is 3. The molecule has 2 aliphatic rings. The summed E-state index contributed by atoms with van der Waals surface area (Å²) in [5, 5.41) is 10.3. The lowest BCUT2D eigenvalue weighted by Gasteiger charge is -2.23. The highest BCUT2D eigenvalue weighted by atomic mass is 35.5. The fourth-order valence-corrected chi connectivity index (χ4v) is 3.53. The average molecular weight is 438 g/mol. The summed E-state index contributed by atoms with van der Waals surface area (Å²) in [5.74, 6) is 1.08. The average Bonchev–Trinajstić information content (AvgIpc) is 3.38. The van der Waals surface area contributed by atoms with Crippen LogP contribution in [0.5, 0.6) is 11.5 Å². The molecule has 5 rings (SSSR count). The number of amides is 2. The molecule has 1 atom stereocenters. The van der Waals surface area contributed by atoms with Crippen LogP contribution in [0.1, 0.15) is 23.6 Å². The van der Waals surface area contributed by atoms with Gasteiger partial charge in [0.15, 0.2) is 11.5 Å². The van der Waals surface area contributed by atoms with E-state index in [0.29, 0.717) is 16.5 Å². The SMILES string of the molecule is O=C(/C=C/c1ccc2c(c1)OCO2)Nc1nc2n(n1)C(c1ccc(Cl)cc1)CC(=O)N2. The Balaban J connectivity index is 1.32. The van der Waals surface area contributed by atoms with Crippen LogP contribution in [-0.2, 0) is 9.59 Å². The van der Waals surface area contributed by atoms with E-state index in [-0.39, 0.29) is 37.1 Å². The molecule has 0 spiro atoms. The van der Waals surface area contributed by atoms with Crippen LogP contribution >= 0.6 is 11.6 Å². The highest BCUT2D eigenvalue weighted by Gasteiger charge is 2.29. The van der Waals surface area contributed by atoms with E-state index in [1.807, 2.05) is 18.2 Å². The van der Waals surface area contributed by atoms with E-state index in [1.54, 1.807) is 35.0 Å². The highest BCUT2D eigenvalue weighted by Crippen LogP contribution is 2.33. The molecule has 3 aromatic rings. The molecule has 31 heavy (non-hydrogen) atoms. The van der Waals surface area contributed by atoms with Crippen molar-refractivity contribution in [3.05, 3.63) is 64.7 Å². The Kier molecular flexibility index (Phi) is 4.79. The number of ether oxygens (including phenoxy) is 2. The van der Waals surface area contributed by atoms with Crippen molar-refractivity contribution in [2.75, 3.05) is 17.4 Å². The lowest BCUT2D eigenvalue weighted by molar-refractivity contribution is -0.117. The molecule has 0 fully saturated rings. The van der Waals surface area contributed by atoms with Crippen molar-refractivity contribution in [1.29, 1.82) is 0 Å². The van der Waals surface area contributed by atoms with Crippen LogP contribution in [0.15, 0.2) is 48.5 Å². The molecular weight excluding hydrogens is 422 g/mol. The standard InChI is InChI=1S/C21H16ClN5O4/c22-14-5-3-13(4-6-14)15-10-19(29)24-21-25-20(26-27(15)21)23-18(28)8-2-12-1-7-16-17(9-12)31-11-30-16/h1-9,15H,10-11H2,(H2,23,24,25,26,28,29)/b8-2+. The normalized spacial score (nSPS) is 16.8. The second-order valence-corrected chi connectivity index (χ2v) is 7.39. The van der Waals surface area contributed by atoms with Gasteiger partial charge in [-0.2, -0.15) is 4.98 Å². The van der Waals surface area contributed by atoms with Crippen LogP contribution in [-0.4, -0.2) is 33.4 Å². The minimum Gasteiger partial charge on any atom is -0.454 e. The van der Waals surface area contributed by atoms with Gasteiger partial charge in [-0.05, 0) is 41.5 Å². The molecule has 1 unspecified atom stereocenters. The van der Waals surface area contributed by atoms with Crippen molar-refractivity contribution >= 4 is 41.4 Å². The number of benzene rings is 2. The van der Waals surface area contributed by atoms with Gasteiger partial charge in [0, 0.05) is 11.1 Å². The van der Waals surface area contributed by atoms with Gasteiger partial charge < -0.3 is 9.47 Å². The summed E-state index contributed by atoms with van der Waals surface area (Å²) < 4.78 is 12.2. The van der Waals surface area contributed by atoms with Gasteiger partial charge in [0.1, 0.15) is 0 Å². The smallest absolute Gasteiger partial charge is 0.250 e. The van der Waals surface area contributed by atoms with Crippen molar-refractivity contribution in [2.45, 2.75) is 12.5 Å². The number of carbonyl (C=O) groups is 2. The summed E-state index contributed by atoms with van der Waals surface area (Å²) in [5.41, 5.74) is 1.65. The molecule has 1 aromatic heterocycles. The molecule has 0 saturated heterocycles. The van der Waals surface area contributed by atoms with E-state index < -0.39 is 5.91 Å². The molecule has 0 radical (unpaired) electrons. The van der Waals surface area contributed by atoms with Gasteiger partial charge in [-0.1, -0.05) is 29.8 Å². The zero-order chi connectivity index (χ0) is 21.4. The van der Waals surface area contributed by atoms with Crippen molar-refractivity contribution in [1.82, 2.24) is 14.8 Å². The van der Waals surface area contributed by atoms with Crippen molar-refractivity contribution in [3.8, 4) is 11.5 Å². The second-order valence-electron chi connectivity index (χ2n) is 6.96. The number of fused-ring (bicyclic) bond motifs is 2. The second kappa shape index (κ2) is 7.77. The van der Waals surface area contributed by atoms with Crippen LogP contribution in [0.25, 0.3) is 6.08 Å². The summed E-state index contributed by atoms with van der Waals surface area (Å²) in [6.07, 6.45) is 3.22. The molecule has 2 amide bonds. The maximum Gasteiger partial charge on any atom is 0.250 e. The van der Waals surface area contributed by atoms with Crippen LogP contribution in [0.2, 0.25) is 5.02 Å². The number of hydrogen-bond donors (Lipinski definition) is 2. The summed E-state index contributed by atoms with van der Waals surface area (Å²) in [4.78, 5) is 28.7. The third kappa shape index (κ3) is 3.95. The summed E-state index contributed by atoms with van der Waals surface area (Å²) in [7, 11) is 0. The molecule has 0 aliphatic carbocycles. The number of aromatic nitrogens is 3. The third-order valence-electron chi connectivity index (χ3n) is 4.87. The number of hydrogen-bond acceptors (Lipinski definition) is 6. The number of nitrogens with one attached hydrogen (secondary N) is 2. The molecule has 2 aliphatic heterocycles. The predicted octanol–water partition coefficient (Wildman–Crippen LogP) is 3.24. The van der Waals surface area contributed by atoms with Gasteiger partial charge in [0.25, 0.3) is 11.9 Å². The number of anilines is 2. The minimum atomic E-state index is -0.407.